The van der Waals surface area contributed by atoms with Crippen LogP contribution in [0.4, 0.5) is 0 Å². The molecule has 6 nitrogen and oxygen atoms in total. The minimum Gasteiger partial charge on any atom is -0.379 e. The molecule has 0 spiro atoms. The van der Waals surface area contributed by atoms with Crippen LogP contribution in [0.5, 0.6) is 0 Å². The van der Waals surface area contributed by atoms with Crippen molar-refractivity contribution in [3.05, 3.63) is 30.1 Å². The Morgan fingerprint density at radius 2 is 2.21 bits per heavy atom. The lowest BCUT2D eigenvalue weighted by Crippen LogP contribution is -2.44. The molecule has 0 radical (unpaired) electrons. The van der Waals surface area contributed by atoms with Gasteiger partial charge in [-0.15, -0.1) is 0 Å². The Bertz CT molecular complexity index is 519. The lowest BCUT2D eigenvalue weighted by molar-refractivity contribution is -0.132. The number of rotatable bonds is 6. The summed E-state index contributed by atoms with van der Waals surface area (Å²) in [5, 5.41) is 0. The smallest absolute Gasteiger partial charge is 0.236 e. The van der Waals surface area contributed by atoms with E-state index in [9.17, 15) is 4.79 Å². The molecule has 24 heavy (non-hydrogen) atoms. The Kier molecular flexibility index (Phi) is 6.18. The van der Waals surface area contributed by atoms with E-state index in [0.717, 1.165) is 58.9 Å². The molecule has 1 unspecified atom stereocenters. The molecule has 1 aromatic rings. The SMILES string of the molecule is CN(Cc1cccnc1)CC1CCN(C(=O)CN2CCOCC2)C1. The number of amides is 1. The summed E-state index contributed by atoms with van der Waals surface area (Å²) in [6.45, 7) is 7.50. The highest BCUT2D eigenvalue weighted by Gasteiger charge is 2.28. The number of likely N-dealkylation sites (tertiary alicyclic amines) is 1. The van der Waals surface area contributed by atoms with Crippen LogP contribution in [-0.4, -0.2) is 85.1 Å². The van der Waals surface area contributed by atoms with Gasteiger partial charge in [-0.25, -0.2) is 0 Å². The molecule has 0 saturated carbocycles. The highest BCUT2D eigenvalue weighted by atomic mass is 16.5. The molecule has 3 rings (SSSR count). The van der Waals surface area contributed by atoms with Crippen molar-refractivity contribution in [1.82, 2.24) is 19.7 Å². The molecule has 2 aliphatic rings. The molecule has 1 amide bonds. The third kappa shape index (κ3) is 5.00. The van der Waals surface area contributed by atoms with E-state index in [0.29, 0.717) is 12.5 Å². The van der Waals surface area contributed by atoms with Crippen molar-refractivity contribution in [2.45, 2.75) is 13.0 Å². The summed E-state index contributed by atoms with van der Waals surface area (Å²) in [6.07, 6.45) is 4.83. The number of pyridine rings is 1. The first kappa shape index (κ1) is 17.3. The van der Waals surface area contributed by atoms with Crippen LogP contribution in [0, 0.1) is 5.92 Å². The second-order valence-corrected chi connectivity index (χ2v) is 6.94. The van der Waals surface area contributed by atoms with E-state index < -0.39 is 0 Å². The van der Waals surface area contributed by atoms with Crippen LogP contribution >= 0.6 is 0 Å². The summed E-state index contributed by atoms with van der Waals surface area (Å²) in [6, 6.07) is 4.08. The number of morpholine rings is 1. The van der Waals surface area contributed by atoms with Crippen LogP contribution in [0.1, 0.15) is 12.0 Å². The van der Waals surface area contributed by atoms with Gasteiger partial charge in [-0.2, -0.15) is 0 Å². The molecule has 0 aliphatic carbocycles. The molecule has 6 heteroatoms. The maximum absolute atomic E-state index is 12.5. The zero-order chi connectivity index (χ0) is 16.8. The fraction of sp³-hybridized carbons (Fsp3) is 0.667. The van der Waals surface area contributed by atoms with E-state index >= 15 is 0 Å². The quantitative estimate of drug-likeness (QED) is 0.767. The number of hydrogen-bond acceptors (Lipinski definition) is 5. The standard InChI is InChI=1S/C18H28N4O2/c1-20(12-16-3-2-5-19-11-16)13-17-4-6-22(14-17)18(23)15-21-7-9-24-10-8-21/h2-3,5,11,17H,4,6-10,12-15H2,1H3. The molecular formula is C18H28N4O2. The van der Waals surface area contributed by atoms with Gasteiger partial charge in [0.2, 0.25) is 5.91 Å². The maximum atomic E-state index is 12.5. The Morgan fingerprint density at radius 1 is 1.38 bits per heavy atom. The molecule has 0 aromatic carbocycles. The van der Waals surface area contributed by atoms with Crippen molar-refractivity contribution in [2.75, 3.05) is 59.5 Å². The zero-order valence-electron chi connectivity index (χ0n) is 14.6. The third-order valence-corrected chi connectivity index (χ3v) is 4.85. The first-order valence-corrected chi connectivity index (χ1v) is 8.86. The van der Waals surface area contributed by atoms with Gasteiger partial charge in [0.15, 0.2) is 0 Å². The fourth-order valence-corrected chi connectivity index (χ4v) is 3.57. The normalized spacial score (nSPS) is 22.2. The molecule has 2 fully saturated rings. The van der Waals surface area contributed by atoms with Crippen LogP contribution in [0.25, 0.3) is 0 Å². The van der Waals surface area contributed by atoms with Crippen LogP contribution in [0.2, 0.25) is 0 Å². The first-order chi connectivity index (χ1) is 11.7. The summed E-state index contributed by atoms with van der Waals surface area (Å²) in [4.78, 5) is 23.2. The average Bonchev–Trinajstić information content (AvgIpc) is 3.05. The molecule has 2 aliphatic heterocycles. The molecule has 1 aromatic heterocycles. The average molecular weight is 332 g/mol. The van der Waals surface area contributed by atoms with E-state index in [1.165, 1.54) is 5.56 Å². The van der Waals surface area contributed by atoms with Crippen LogP contribution in [0.15, 0.2) is 24.5 Å². The Hall–Kier alpha value is -1.50. The van der Waals surface area contributed by atoms with Crippen LogP contribution < -0.4 is 0 Å². The minimum absolute atomic E-state index is 0.273. The summed E-state index contributed by atoms with van der Waals surface area (Å²) >= 11 is 0. The molecule has 3 heterocycles. The number of carbonyl (C=O) groups excluding carboxylic acids is 1. The van der Waals surface area contributed by atoms with Crippen LogP contribution in [0.3, 0.4) is 0 Å². The Morgan fingerprint density at radius 3 is 2.96 bits per heavy atom. The van der Waals surface area contributed by atoms with Gasteiger partial charge < -0.3 is 14.5 Å². The Balaban J connectivity index is 1.40. The van der Waals surface area contributed by atoms with E-state index in [-0.39, 0.29) is 5.91 Å². The third-order valence-electron chi connectivity index (χ3n) is 4.85. The fourth-order valence-electron chi connectivity index (χ4n) is 3.57. The van der Waals surface area contributed by atoms with Crippen molar-refractivity contribution in [1.29, 1.82) is 0 Å². The molecule has 0 N–H and O–H groups in total. The zero-order valence-corrected chi connectivity index (χ0v) is 14.6. The van der Waals surface area contributed by atoms with Crippen LogP contribution in [-0.2, 0) is 16.1 Å². The van der Waals surface area contributed by atoms with Crippen molar-refractivity contribution in [3.63, 3.8) is 0 Å². The van der Waals surface area contributed by atoms with Gasteiger partial charge in [0.1, 0.15) is 0 Å². The molecule has 1 atom stereocenters. The lowest BCUT2D eigenvalue weighted by Gasteiger charge is -2.28. The van der Waals surface area contributed by atoms with Gasteiger partial charge in [0.25, 0.3) is 0 Å². The van der Waals surface area contributed by atoms with Gasteiger partial charge in [0, 0.05) is 51.7 Å². The topological polar surface area (TPSA) is 48.9 Å². The van der Waals surface area contributed by atoms with Crippen molar-refractivity contribution < 1.29 is 9.53 Å². The van der Waals surface area contributed by atoms with Gasteiger partial charge in [-0.3, -0.25) is 14.7 Å². The first-order valence-electron chi connectivity index (χ1n) is 8.86. The number of hydrogen-bond donors (Lipinski definition) is 0. The van der Waals surface area contributed by atoms with E-state index in [4.69, 9.17) is 4.74 Å². The predicted molar refractivity (Wildman–Crippen MR) is 92.5 cm³/mol. The van der Waals surface area contributed by atoms with Gasteiger partial charge >= 0.3 is 0 Å². The van der Waals surface area contributed by atoms with Crippen molar-refractivity contribution in [3.8, 4) is 0 Å². The number of carbonyl (C=O) groups is 1. The van der Waals surface area contributed by atoms with Crippen molar-refractivity contribution in [2.24, 2.45) is 5.92 Å². The summed E-state index contributed by atoms with van der Waals surface area (Å²) in [5.41, 5.74) is 1.23. The van der Waals surface area contributed by atoms with E-state index in [1.54, 1.807) is 6.20 Å². The minimum atomic E-state index is 0.273. The summed E-state index contributed by atoms with van der Waals surface area (Å²) in [7, 11) is 2.14. The second kappa shape index (κ2) is 8.55. The van der Waals surface area contributed by atoms with E-state index in [1.807, 2.05) is 17.2 Å². The second-order valence-electron chi connectivity index (χ2n) is 6.94. The molecular weight excluding hydrogens is 304 g/mol. The van der Waals surface area contributed by atoms with Gasteiger partial charge in [0.05, 0.1) is 19.8 Å². The van der Waals surface area contributed by atoms with Crippen molar-refractivity contribution >= 4 is 5.91 Å². The van der Waals surface area contributed by atoms with Gasteiger partial charge in [-0.05, 0) is 31.0 Å². The largest absolute Gasteiger partial charge is 0.379 e. The number of nitrogens with zero attached hydrogens (tertiary/aromatic N) is 4. The lowest BCUT2D eigenvalue weighted by atomic mass is 10.1. The number of aromatic nitrogens is 1. The monoisotopic (exact) mass is 332 g/mol. The molecule has 0 bridgehead atoms. The van der Waals surface area contributed by atoms with E-state index in [2.05, 4.69) is 27.9 Å². The summed E-state index contributed by atoms with van der Waals surface area (Å²) < 4.78 is 5.34. The maximum Gasteiger partial charge on any atom is 0.236 e. The molecule has 2 saturated heterocycles. The predicted octanol–water partition coefficient (Wildman–Crippen LogP) is 0.694. The summed E-state index contributed by atoms with van der Waals surface area (Å²) in [5.74, 6) is 0.842. The highest BCUT2D eigenvalue weighted by Crippen LogP contribution is 2.18. The highest BCUT2D eigenvalue weighted by molar-refractivity contribution is 5.78. The molecule has 132 valence electrons. The van der Waals surface area contributed by atoms with Gasteiger partial charge in [-0.1, -0.05) is 6.07 Å². The number of ether oxygens (including phenoxy) is 1. The Labute approximate surface area is 144 Å².